The summed E-state index contributed by atoms with van der Waals surface area (Å²) in [6.07, 6.45) is 1.73. The number of nitrogens with zero attached hydrogens (tertiary/aromatic N) is 1. The smallest absolute Gasteiger partial charge is 0.337 e. The molecule has 1 aromatic carbocycles. The summed E-state index contributed by atoms with van der Waals surface area (Å²) >= 11 is 5.95. The topological polar surface area (TPSA) is 75.2 Å². The molecule has 0 radical (unpaired) electrons. The number of carboxylic acid groups (broad SMARTS) is 1. The van der Waals surface area contributed by atoms with Gasteiger partial charge in [-0.1, -0.05) is 17.7 Å². The number of H-pyrrole nitrogens is 1. The van der Waals surface area contributed by atoms with E-state index in [0.29, 0.717) is 5.75 Å². The first kappa shape index (κ1) is 12.4. The van der Waals surface area contributed by atoms with Crippen molar-refractivity contribution in [3.63, 3.8) is 0 Å². The van der Waals surface area contributed by atoms with Crippen LogP contribution in [0.25, 0.3) is 0 Å². The van der Waals surface area contributed by atoms with E-state index < -0.39 is 5.97 Å². The van der Waals surface area contributed by atoms with Gasteiger partial charge in [-0.3, -0.25) is 5.10 Å². The Labute approximate surface area is 108 Å². The SMILES string of the molecule is Cc1n[nH]cc1COc1cccc(C(=O)O)c1Cl. The molecule has 5 nitrogen and oxygen atoms in total. The van der Waals surface area contributed by atoms with Crippen molar-refractivity contribution in [1.29, 1.82) is 0 Å². The van der Waals surface area contributed by atoms with Gasteiger partial charge in [0.2, 0.25) is 0 Å². The predicted molar refractivity (Wildman–Crippen MR) is 66.1 cm³/mol. The summed E-state index contributed by atoms with van der Waals surface area (Å²) in [5.41, 5.74) is 1.75. The van der Waals surface area contributed by atoms with Gasteiger partial charge in [0.25, 0.3) is 0 Å². The second-order valence-corrected chi connectivity index (χ2v) is 4.09. The van der Waals surface area contributed by atoms with Gasteiger partial charge in [0.1, 0.15) is 12.4 Å². The monoisotopic (exact) mass is 266 g/mol. The van der Waals surface area contributed by atoms with E-state index in [1.807, 2.05) is 6.92 Å². The average Bonchev–Trinajstić information content (AvgIpc) is 2.73. The maximum Gasteiger partial charge on any atom is 0.337 e. The second-order valence-electron chi connectivity index (χ2n) is 3.71. The van der Waals surface area contributed by atoms with Gasteiger partial charge in [0.05, 0.1) is 16.3 Å². The van der Waals surface area contributed by atoms with Crippen LogP contribution in [0, 0.1) is 6.92 Å². The molecule has 0 aliphatic rings. The maximum absolute atomic E-state index is 10.9. The van der Waals surface area contributed by atoms with Gasteiger partial charge >= 0.3 is 5.97 Å². The van der Waals surface area contributed by atoms with Crippen molar-refractivity contribution in [2.45, 2.75) is 13.5 Å². The lowest BCUT2D eigenvalue weighted by Gasteiger charge is -2.08. The van der Waals surface area contributed by atoms with Gasteiger partial charge in [-0.05, 0) is 19.1 Å². The Morgan fingerprint density at radius 2 is 2.33 bits per heavy atom. The van der Waals surface area contributed by atoms with Crippen molar-refractivity contribution >= 4 is 17.6 Å². The molecule has 18 heavy (non-hydrogen) atoms. The normalized spacial score (nSPS) is 10.3. The molecule has 2 rings (SSSR count). The zero-order valence-electron chi connectivity index (χ0n) is 9.61. The third kappa shape index (κ3) is 2.46. The molecule has 1 heterocycles. The van der Waals surface area contributed by atoms with Crippen molar-refractivity contribution in [3.05, 3.63) is 46.2 Å². The minimum Gasteiger partial charge on any atom is -0.487 e. The molecule has 94 valence electrons. The Hall–Kier alpha value is -2.01. The number of rotatable bonds is 4. The number of carboxylic acids is 1. The number of halogens is 1. The Balaban J connectivity index is 2.17. The van der Waals surface area contributed by atoms with E-state index in [1.54, 1.807) is 18.3 Å². The summed E-state index contributed by atoms with van der Waals surface area (Å²) in [4.78, 5) is 10.9. The summed E-state index contributed by atoms with van der Waals surface area (Å²) in [7, 11) is 0. The molecule has 0 spiro atoms. The molecule has 0 atom stereocenters. The van der Waals surface area contributed by atoms with E-state index in [0.717, 1.165) is 11.3 Å². The number of aryl methyl sites for hydroxylation is 1. The highest BCUT2D eigenvalue weighted by atomic mass is 35.5. The lowest BCUT2D eigenvalue weighted by Crippen LogP contribution is -2.01. The van der Waals surface area contributed by atoms with Gasteiger partial charge in [-0.25, -0.2) is 4.79 Å². The molecular weight excluding hydrogens is 256 g/mol. The standard InChI is InChI=1S/C12H11ClN2O3/c1-7-8(5-14-15-7)6-18-10-4-2-3-9(11(10)13)12(16)17/h2-5H,6H2,1H3,(H,14,15)(H,16,17). The third-order valence-corrected chi connectivity index (χ3v) is 2.90. The van der Waals surface area contributed by atoms with Gasteiger partial charge in [-0.2, -0.15) is 5.10 Å². The molecule has 1 aromatic heterocycles. The fraction of sp³-hybridized carbons (Fsp3) is 0.167. The van der Waals surface area contributed by atoms with Crippen molar-refractivity contribution in [3.8, 4) is 5.75 Å². The average molecular weight is 267 g/mol. The van der Waals surface area contributed by atoms with Crippen LogP contribution in [-0.2, 0) is 6.61 Å². The first-order valence-corrected chi connectivity index (χ1v) is 5.61. The van der Waals surface area contributed by atoms with Crippen molar-refractivity contribution < 1.29 is 14.6 Å². The van der Waals surface area contributed by atoms with E-state index in [9.17, 15) is 4.79 Å². The van der Waals surface area contributed by atoms with Crippen LogP contribution < -0.4 is 4.74 Å². The number of aromatic carboxylic acids is 1. The molecule has 0 amide bonds. The van der Waals surface area contributed by atoms with Crippen molar-refractivity contribution in [2.24, 2.45) is 0 Å². The molecule has 2 N–H and O–H groups in total. The quantitative estimate of drug-likeness (QED) is 0.892. The number of hydrogen-bond donors (Lipinski definition) is 2. The lowest BCUT2D eigenvalue weighted by molar-refractivity contribution is 0.0696. The van der Waals surface area contributed by atoms with Gasteiger partial charge in [-0.15, -0.1) is 0 Å². The molecule has 0 fully saturated rings. The molecule has 0 saturated heterocycles. The van der Waals surface area contributed by atoms with Crippen LogP contribution in [0.2, 0.25) is 5.02 Å². The fourth-order valence-electron chi connectivity index (χ4n) is 1.47. The van der Waals surface area contributed by atoms with E-state index in [2.05, 4.69) is 10.2 Å². The molecule has 0 aliphatic carbocycles. The molecule has 0 aliphatic heterocycles. The van der Waals surface area contributed by atoms with Crippen molar-refractivity contribution in [1.82, 2.24) is 10.2 Å². The largest absolute Gasteiger partial charge is 0.487 e. The highest BCUT2D eigenvalue weighted by Crippen LogP contribution is 2.28. The number of aromatic nitrogens is 2. The van der Waals surface area contributed by atoms with Crippen LogP contribution in [0.5, 0.6) is 5.75 Å². The highest BCUT2D eigenvalue weighted by molar-refractivity contribution is 6.34. The molecule has 0 saturated carbocycles. The molecular formula is C12H11ClN2O3. The van der Waals surface area contributed by atoms with E-state index >= 15 is 0 Å². The third-order valence-electron chi connectivity index (χ3n) is 2.51. The van der Waals surface area contributed by atoms with E-state index in [4.69, 9.17) is 21.4 Å². The maximum atomic E-state index is 10.9. The predicted octanol–water partition coefficient (Wildman–Crippen LogP) is 2.65. The summed E-state index contributed by atoms with van der Waals surface area (Å²) in [6, 6.07) is 4.65. The number of hydrogen-bond acceptors (Lipinski definition) is 3. The molecule has 6 heteroatoms. The van der Waals surface area contributed by atoms with Crippen LogP contribution in [0.3, 0.4) is 0 Å². The number of carbonyl (C=O) groups is 1. The van der Waals surface area contributed by atoms with Gasteiger partial charge < -0.3 is 9.84 Å². The summed E-state index contributed by atoms with van der Waals surface area (Å²) in [5.74, 6) is -0.734. The lowest BCUT2D eigenvalue weighted by atomic mass is 10.2. The number of nitrogens with one attached hydrogen (secondary N) is 1. The molecule has 0 unspecified atom stereocenters. The summed E-state index contributed by atoms with van der Waals surface area (Å²) < 4.78 is 5.50. The molecule has 2 aromatic rings. The Bertz CT molecular complexity index is 580. The molecule has 0 bridgehead atoms. The Kier molecular flexibility index (Phi) is 3.53. The highest BCUT2D eigenvalue weighted by Gasteiger charge is 2.13. The zero-order chi connectivity index (χ0) is 13.1. The fourth-order valence-corrected chi connectivity index (χ4v) is 1.73. The minimum absolute atomic E-state index is 0.0260. The second kappa shape index (κ2) is 5.10. The Morgan fingerprint density at radius 1 is 1.56 bits per heavy atom. The van der Waals surface area contributed by atoms with Crippen LogP contribution >= 0.6 is 11.6 Å². The van der Waals surface area contributed by atoms with Crippen LogP contribution in [0.1, 0.15) is 21.6 Å². The minimum atomic E-state index is -1.08. The number of ether oxygens (including phenoxy) is 1. The van der Waals surface area contributed by atoms with Crippen LogP contribution in [0.4, 0.5) is 0 Å². The zero-order valence-corrected chi connectivity index (χ0v) is 10.4. The van der Waals surface area contributed by atoms with E-state index in [1.165, 1.54) is 6.07 Å². The van der Waals surface area contributed by atoms with Gasteiger partial charge in [0.15, 0.2) is 0 Å². The first-order chi connectivity index (χ1) is 8.59. The Morgan fingerprint density at radius 3 is 2.94 bits per heavy atom. The van der Waals surface area contributed by atoms with Crippen LogP contribution in [0.15, 0.2) is 24.4 Å². The summed E-state index contributed by atoms with van der Waals surface area (Å²) in [6.45, 7) is 2.13. The number of aromatic amines is 1. The van der Waals surface area contributed by atoms with E-state index in [-0.39, 0.29) is 17.2 Å². The summed E-state index contributed by atoms with van der Waals surface area (Å²) in [5, 5.41) is 15.7. The van der Waals surface area contributed by atoms with Crippen LogP contribution in [-0.4, -0.2) is 21.3 Å². The first-order valence-electron chi connectivity index (χ1n) is 5.23. The number of benzene rings is 1. The van der Waals surface area contributed by atoms with Gasteiger partial charge in [0, 0.05) is 11.8 Å². The van der Waals surface area contributed by atoms with Crippen molar-refractivity contribution in [2.75, 3.05) is 0 Å².